The van der Waals surface area contributed by atoms with E-state index in [1.807, 2.05) is 0 Å². The van der Waals surface area contributed by atoms with Crippen molar-refractivity contribution in [1.82, 2.24) is 4.90 Å². The lowest BCUT2D eigenvalue weighted by Crippen LogP contribution is -2.38. The normalized spacial score (nSPS) is 17.8. The van der Waals surface area contributed by atoms with Crippen LogP contribution in [0, 0.1) is 0 Å². The SMILES string of the molecule is O=C(O)Cc1ccc(S(=O)CCN2CCOCC2)cc1. The van der Waals surface area contributed by atoms with Gasteiger partial charge in [0, 0.05) is 30.3 Å². The van der Waals surface area contributed by atoms with Crippen LogP contribution in [0.15, 0.2) is 29.2 Å². The molecule has 0 spiro atoms. The van der Waals surface area contributed by atoms with E-state index in [0.717, 1.165) is 43.3 Å². The Morgan fingerprint density at radius 2 is 1.90 bits per heavy atom. The second-order valence-electron chi connectivity index (χ2n) is 4.72. The highest BCUT2D eigenvalue weighted by Crippen LogP contribution is 2.10. The lowest BCUT2D eigenvalue weighted by molar-refractivity contribution is -0.136. The fraction of sp³-hybridized carbons (Fsp3) is 0.500. The molecule has 0 amide bonds. The Kier molecular flexibility index (Phi) is 5.70. The summed E-state index contributed by atoms with van der Waals surface area (Å²) in [5, 5.41) is 8.70. The number of ether oxygens (including phenoxy) is 1. The van der Waals surface area contributed by atoms with Gasteiger partial charge in [0.05, 0.1) is 30.4 Å². The van der Waals surface area contributed by atoms with Gasteiger partial charge in [-0.3, -0.25) is 13.9 Å². The van der Waals surface area contributed by atoms with E-state index < -0.39 is 16.8 Å². The Morgan fingerprint density at radius 3 is 2.50 bits per heavy atom. The third kappa shape index (κ3) is 4.70. The maximum Gasteiger partial charge on any atom is 0.307 e. The summed E-state index contributed by atoms with van der Waals surface area (Å²) in [6.45, 7) is 4.09. The van der Waals surface area contributed by atoms with Gasteiger partial charge in [-0.05, 0) is 17.7 Å². The number of hydrogen-bond acceptors (Lipinski definition) is 4. The first kappa shape index (κ1) is 15.2. The van der Waals surface area contributed by atoms with Crippen molar-refractivity contribution in [1.29, 1.82) is 0 Å². The Labute approximate surface area is 121 Å². The molecule has 0 aliphatic carbocycles. The molecule has 0 bridgehead atoms. The molecule has 110 valence electrons. The number of nitrogens with zero attached hydrogens (tertiary/aromatic N) is 1. The highest BCUT2D eigenvalue weighted by molar-refractivity contribution is 7.85. The number of benzene rings is 1. The highest BCUT2D eigenvalue weighted by Gasteiger charge is 2.12. The van der Waals surface area contributed by atoms with Gasteiger partial charge in [0.25, 0.3) is 0 Å². The van der Waals surface area contributed by atoms with Gasteiger partial charge >= 0.3 is 5.97 Å². The van der Waals surface area contributed by atoms with E-state index in [2.05, 4.69) is 4.90 Å². The molecule has 1 atom stereocenters. The Morgan fingerprint density at radius 1 is 1.25 bits per heavy atom. The Hall–Kier alpha value is -1.24. The molecule has 6 heteroatoms. The molecule has 1 fully saturated rings. The number of carboxylic acid groups (broad SMARTS) is 1. The van der Waals surface area contributed by atoms with E-state index in [9.17, 15) is 9.00 Å². The Balaban J connectivity index is 1.83. The average molecular weight is 297 g/mol. The summed E-state index contributed by atoms with van der Waals surface area (Å²) in [5.41, 5.74) is 0.728. The van der Waals surface area contributed by atoms with E-state index in [1.165, 1.54) is 0 Å². The first-order chi connectivity index (χ1) is 9.65. The monoisotopic (exact) mass is 297 g/mol. The van der Waals surface area contributed by atoms with Gasteiger partial charge in [-0.2, -0.15) is 0 Å². The molecule has 1 aliphatic rings. The molecule has 1 aromatic carbocycles. The van der Waals surface area contributed by atoms with Crippen LogP contribution in [0.5, 0.6) is 0 Å². The first-order valence-corrected chi connectivity index (χ1v) is 7.96. The van der Waals surface area contributed by atoms with E-state index in [1.54, 1.807) is 24.3 Å². The quantitative estimate of drug-likeness (QED) is 0.839. The van der Waals surface area contributed by atoms with Crippen molar-refractivity contribution in [3.63, 3.8) is 0 Å². The number of hydrogen-bond donors (Lipinski definition) is 1. The van der Waals surface area contributed by atoms with Crippen molar-refractivity contribution < 1.29 is 18.8 Å². The molecule has 1 aromatic rings. The van der Waals surface area contributed by atoms with Crippen LogP contribution < -0.4 is 0 Å². The molecular formula is C14H19NO4S. The topological polar surface area (TPSA) is 66.8 Å². The second kappa shape index (κ2) is 7.52. The van der Waals surface area contributed by atoms with E-state index in [4.69, 9.17) is 9.84 Å². The zero-order valence-corrected chi connectivity index (χ0v) is 12.1. The van der Waals surface area contributed by atoms with E-state index in [-0.39, 0.29) is 6.42 Å². The number of aliphatic carboxylic acids is 1. The van der Waals surface area contributed by atoms with Crippen molar-refractivity contribution in [2.24, 2.45) is 0 Å². The van der Waals surface area contributed by atoms with Crippen LogP contribution in [0.1, 0.15) is 5.56 Å². The predicted octanol–water partition coefficient (Wildman–Crippen LogP) is 0.753. The molecule has 1 heterocycles. The van der Waals surface area contributed by atoms with Crippen LogP contribution in [0.2, 0.25) is 0 Å². The molecule has 2 rings (SSSR count). The van der Waals surface area contributed by atoms with Gasteiger partial charge in [-0.15, -0.1) is 0 Å². The summed E-state index contributed by atoms with van der Waals surface area (Å²) >= 11 is 0. The highest BCUT2D eigenvalue weighted by atomic mass is 32.2. The summed E-state index contributed by atoms with van der Waals surface area (Å²) in [4.78, 5) is 13.6. The minimum Gasteiger partial charge on any atom is -0.481 e. The molecular weight excluding hydrogens is 278 g/mol. The maximum atomic E-state index is 12.2. The average Bonchev–Trinajstić information content (AvgIpc) is 2.46. The van der Waals surface area contributed by atoms with Crippen LogP contribution in [0.3, 0.4) is 0 Å². The molecule has 0 aromatic heterocycles. The van der Waals surface area contributed by atoms with Crippen LogP contribution in [0.4, 0.5) is 0 Å². The summed E-state index contributed by atoms with van der Waals surface area (Å²) in [7, 11) is -1.04. The molecule has 1 saturated heterocycles. The number of morpholine rings is 1. The van der Waals surface area contributed by atoms with Crippen molar-refractivity contribution in [2.45, 2.75) is 11.3 Å². The summed E-state index contributed by atoms with van der Waals surface area (Å²) in [5.74, 6) is -0.260. The predicted molar refractivity (Wildman–Crippen MR) is 76.3 cm³/mol. The smallest absolute Gasteiger partial charge is 0.307 e. The lowest BCUT2D eigenvalue weighted by Gasteiger charge is -2.26. The molecule has 5 nitrogen and oxygen atoms in total. The fourth-order valence-electron chi connectivity index (χ4n) is 2.09. The number of carboxylic acids is 1. The van der Waals surface area contributed by atoms with E-state index >= 15 is 0 Å². The van der Waals surface area contributed by atoms with Gasteiger partial charge in [0.15, 0.2) is 0 Å². The number of rotatable bonds is 6. The van der Waals surface area contributed by atoms with Crippen LogP contribution in [-0.2, 0) is 26.8 Å². The van der Waals surface area contributed by atoms with Crippen LogP contribution >= 0.6 is 0 Å². The Bertz CT molecular complexity index is 469. The lowest BCUT2D eigenvalue weighted by atomic mass is 10.2. The van der Waals surface area contributed by atoms with Gasteiger partial charge in [-0.1, -0.05) is 12.1 Å². The molecule has 0 radical (unpaired) electrons. The van der Waals surface area contributed by atoms with Crippen LogP contribution in [-0.4, -0.2) is 58.8 Å². The van der Waals surface area contributed by atoms with E-state index in [0.29, 0.717) is 5.75 Å². The van der Waals surface area contributed by atoms with Crippen molar-refractivity contribution >= 4 is 16.8 Å². The third-order valence-corrected chi connectivity index (χ3v) is 4.59. The summed E-state index contributed by atoms with van der Waals surface area (Å²) < 4.78 is 17.4. The summed E-state index contributed by atoms with van der Waals surface area (Å²) in [6, 6.07) is 6.98. The fourth-order valence-corrected chi connectivity index (χ4v) is 3.19. The minimum absolute atomic E-state index is 0.000687. The minimum atomic E-state index is -1.04. The first-order valence-electron chi connectivity index (χ1n) is 6.64. The van der Waals surface area contributed by atoms with Gasteiger partial charge in [-0.25, -0.2) is 0 Å². The second-order valence-corrected chi connectivity index (χ2v) is 6.29. The molecule has 0 saturated carbocycles. The standard InChI is InChI=1S/C14H19NO4S/c16-14(17)11-12-1-3-13(4-2-12)20(18)10-7-15-5-8-19-9-6-15/h1-4H,5-11H2,(H,16,17). The largest absolute Gasteiger partial charge is 0.481 e. The molecule has 1 N–H and O–H groups in total. The zero-order chi connectivity index (χ0) is 14.4. The zero-order valence-electron chi connectivity index (χ0n) is 11.3. The van der Waals surface area contributed by atoms with Crippen LogP contribution in [0.25, 0.3) is 0 Å². The molecule has 1 aliphatic heterocycles. The number of carbonyl (C=O) groups is 1. The summed E-state index contributed by atoms with van der Waals surface area (Å²) in [6.07, 6.45) is 0.000687. The third-order valence-electron chi connectivity index (χ3n) is 3.24. The maximum absolute atomic E-state index is 12.2. The van der Waals surface area contributed by atoms with Gasteiger partial charge in [0.2, 0.25) is 0 Å². The van der Waals surface area contributed by atoms with Crippen molar-refractivity contribution in [2.75, 3.05) is 38.6 Å². The van der Waals surface area contributed by atoms with Crippen molar-refractivity contribution in [3.05, 3.63) is 29.8 Å². The van der Waals surface area contributed by atoms with Crippen molar-refractivity contribution in [3.8, 4) is 0 Å². The molecule has 20 heavy (non-hydrogen) atoms. The van der Waals surface area contributed by atoms with Gasteiger partial charge < -0.3 is 9.84 Å². The van der Waals surface area contributed by atoms with Gasteiger partial charge in [0.1, 0.15) is 0 Å². The molecule has 1 unspecified atom stereocenters.